The smallest absolute Gasteiger partial charge is 0.242 e. The second-order valence-corrected chi connectivity index (χ2v) is 7.85. The van der Waals surface area contributed by atoms with Crippen LogP contribution in [0.1, 0.15) is 38.2 Å². The van der Waals surface area contributed by atoms with E-state index < -0.39 is 10.0 Å². The molecule has 0 saturated heterocycles. The molecule has 0 radical (unpaired) electrons. The molecule has 2 rings (SSSR count). The van der Waals surface area contributed by atoms with E-state index in [1.807, 2.05) is 12.1 Å². The molecule has 21 heavy (non-hydrogen) atoms. The van der Waals surface area contributed by atoms with Gasteiger partial charge in [0, 0.05) is 19.6 Å². The van der Waals surface area contributed by atoms with Crippen molar-refractivity contribution in [2.75, 3.05) is 20.1 Å². The van der Waals surface area contributed by atoms with Crippen molar-refractivity contribution in [3.8, 4) is 0 Å². The van der Waals surface area contributed by atoms with Gasteiger partial charge in [0.25, 0.3) is 0 Å². The molecule has 1 saturated carbocycles. The Balaban J connectivity index is 1.92. The summed E-state index contributed by atoms with van der Waals surface area (Å²) in [6.45, 7) is 3.60. The van der Waals surface area contributed by atoms with Crippen molar-refractivity contribution < 1.29 is 8.42 Å². The summed E-state index contributed by atoms with van der Waals surface area (Å²) >= 11 is 0. The quantitative estimate of drug-likeness (QED) is 0.762. The molecule has 0 spiro atoms. The minimum atomic E-state index is -3.33. The lowest BCUT2D eigenvalue weighted by atomic mass is 10.1. The number of rotatable bonds is 9. The Hall–Kier alpha value is -0.910. The van der Waals surface area contributed by atoms with Crippen LogP contribution in [-0.2, 0) is 16.4 Å². The van der Waals surface area contributed by atoms with Gasteiger partial charge < -0.3 is 5.32 Å². The lowest BCUT2D eigenvalue weighted by Crippen LogP contribution is -2.27. The number of nitrogens with one attached hydrogen (secondary N) is 1. The summed E-state index contributed by atoms with van der Waals surface area (Å²) in [5.41, 5.74) is 1.18. The number of nitrogens with zero attached hydrogens (tertiary/aromatic N) is 1. The average Bonchev–Trinajstić information content (AvgIpc) is 3.29. The van der Waals surface area contributed by atoms with Gasteiger partial charge >= 0.3 is 0 Å². The fourth-order valence-electron chi connectivity index (χ4n) is 2.22. The molecule has 1 aliphatic rings. The molecule has 0 heterocycles. The molecular weight excluding hydrogens is 284 g/mol. The fourth-order valence-corrected chi connectivity index (χ4v) is 3.43. The van der Waals surface area contributed by atoms with E-state index >= 15 is 0 Å². The van der Waals surface area contributed by atoms with Crippen molar-refractivity contribution >= 4 is 10.0 Å². The zero-order valence-electron chi connectivity index (χ0n) is 13.0. The highest BCUT2D eigenvalue weighted by Gasteiger charge is 2.21. The average molecular weight is 310 g/mol. The summed E-state index contributed by atoms with van der Waals surface area (Å²) in [5.74, 6) is 0. The van der Waals surface area contributed by atoms with Gasteiger partial charge in [0.1, 0.15) is 0 Å². The maximum absolute atomic E-state index is 12.4. The Kier molecular flexibility index (Phi) is 5.79. The van der Waals surface area contributed by atoms with Crippen molar-refractivity contribution in [2.24, 2.45) is 0 Å². The summed E-state index contributed by atoms with van der Waals surface area (Å²) in [7, 11) is -1.68. The normalized spacial score (nSPS) is 15.6. The molecule has 0 amide bonds. The van der Waals surface area contributed by atoms with Gasteiger partial charge in [-0.3, -0.25) is 0 Å². The highest BCUT2D eigenvalue weighted by molar-refractivity contribution is 7.89. The van der Waals surface area contributed by atoms with Crippen LogP contribution in [0.2, 0.25) is 0 Å². The second-order valence-electron chi connectivity index (χ2n) is 5.80. The fraction of sp³-hybridized carbons (Fsp3) is 0.625. The lowest BCUT2D eigenvalue weighted by Gasteiger charge is -2.17. The zero-order chi connectivity index (χ0) is 15.3. The van der Waals surface area contributed by atoms with Gasteiger partial charge in [-0.15, -0.1) is 0 Å². The molecule has 0 aliphatic heterocycles. The topological polar surface area (TPSA) is 49.4 Å². The summed E-state index contributed by atoms with van der Waals surface area (Å²) < 4.78 is 26.2. The molecule has 0 unspecified atom stereocenters. The van der Waals surface area contributed by atoms with Crippen LogP contribution in [0.25, 0.3) is 0 Å². The minimum Gasteiger partial charge on any atom is -0.314 e. The monoisotopic (exact) mass is 310 g/mol. The van der Waals surface area contributed by atoms with E-state index in [9.17, 15) is 8.42 Å². The van der Waals surface area contributed by atoms with E-state index in [4.69, 9.17) is 0 Å². The molecule has 118 valence electrons. The molecule has 4 nitrogen and oxygen atoms in total. The summed E-state index contributed by atoms with van der Waals surface area (Å²) in [6, 6.07) is 8.02. The predicted octanol–water partition coefficient (Wildman–Crippen LogP) is 2.40. The van der Waals surface area contributed by atoms with E-state index in [0.29, 0.717) is 11.4 Å². The Labute approximate surface area is 128 Å². The van der Waals surface area contributed by atoms with Crippen molar-refractivity contribution in [2.45, 2.75) is 50.0 Å². The molecule has 1 aromatic rings. The van der Waals surface area contributed by atoms with Gasteiger partial charge in [-0.05, 0) is 49.9 Å². The second kappa shape index (κ2) is 7.38. The van der Waals surface area contributed by atoms with Crippen LogP contribution < -0.4 is 5.32 Å². The van der Waals surface area contributed by atoms with Crippen LogP contribution in [-0.4, -0.2) is 38.9 Å². The molecule has 0 bridgehead atoms. The number of hydrogen-bond acceptors (Lipinski definition) is 3. The Morgan fingerprint density at radius 2 is 1.90 bits per heavy atom. The van der Waals surface area contributed by atoms with Gasteiger partial charge in [-0.25, -0.2) is 12.7 Å². The van der Waals surface area contributed by atoms with Gasteiger partial charge in [-0.2, -0.15) is 0 Å². The van der Waals surface area contributed by atoms with Gasteiger partial charge in [0.05, 0.1) is 4.90 Å². The Bertz CT molecular complexity index is 536. The van der Waals surface area contributed by atoms with Crippen LogP contribution in [0, 0.1) is 0 Å². The van der Waals surface area contributed by atoms with Gasteiger partial charge in [0.2, 0.25) is 10.0 Å². The Morgan fingerprint density at radius 3 is 2.48 bits per heavy atom. The first-order valence-corrected chi connectivity index (χ1v) is 9.26. The van der Waals surface area contributed by atoms with Crippen LogP contribution in [0.4, 0.5) is 0 Å². The first-order valence-electron chi connectivity index (χ1n) is 7.82. The van der Waals surface area contributed by atoms with Crippen molar-refractivity contribution in [1.82, 2.24) is 9.62 Å². The third kappa shape index (κ3) is 4.80. The summed E-state index contributed by atoms with van der Waals surface area (Å²) in [6.07, 6.45) is 5.42. The molecular formula is C16H26N2O2S. The van der Waals surface area contributed by atoms with E-state index in [0.717, 1.165) is 31.8 Å². The first kappa shape index (κ1) is 16.5. The molecule has 1 N–H and O–H groups in total. The minimum absolute atomic E-state index is 0.389. The third-order valence-electron chi connectivity index (χ3n) is 3.88. The van der Waals surface area contributed by atoms with E-state index in [1.54, 1.807) is 19.2 Å². The lowest BCUT2D eigenvalue weighted by molar-refractivity contribution is 0.459. The summed E-state index contributed by atoms with van der Waals surface area (Å²) in [5, 5.41) is 3.46. The third-order valence-corrected chi connectivity index (χ3v) is 5.75. The highest BCUT2D eigenvalue weighted by Crippen LogP contribution is 2.19. The van der Waals surface area contributed by atoms with Crippen LogP contribution in [0.5, 0.6) is 0 Å². The largest absolute Gasteiger partial charge is 0.314 e. The first-order chi connectivity index (χ1) is 10.0. The predicted molar refractivity (Wildman–Crippen MR) is 85.9 cm³/mol. The number of benzene rings is 1. The maximum Gasteiger partial charge on any atom is 0.242 e. The molecule has 1 aromatic carbocycles. The molecule has 0 aromatic heterocycles. The van der Waals surface area contributed by atoms with Crippen molar-refractivity contribution in [3.05, 3.63) is 29.8 Å². The van der Waals surface area contributed by atoms with Gasteiger partial charge in [0.15, 0.2) is 0 Å². The van der Waals surface area contributed by atoms with E-state index in [-0.39, 0.29) is 0 Å². The van der Waals surface area contributed by atoms with E-state index in [1.165, 1.54) is 22.7 Å². The SMILES string of the molecule is CCCCN(C)S(=O)(=O)c1ccc(CCNC2CC2)cc1. The van der Waals surface area contributed by atoms with Crippen molar-refractivity contribution in [3.63, 3.8) is 0 Å². The highest BCUT2D eigenvalue weighted by atomic mass is 32.2. The molecule has 5 heteroatoms. The van der Waals surface area contributed by atoms with Crippen molar-refractivity contribution in [1.29, 1.82) is 0 Å². The maximum atomic E-state index is 12.4. The number of sulfonamides is 1. The zero-order valence-corrected chi connectivity index (χ0v) is 13.8. The van der Waals surface area contributed by atoms with Crippen LogP contribution >= 0.6 is 0 Å². The summed E-state index contributed by atoms with van der Waals surface area (Å²) in [4.78, 5) is 0.389. The molecule has 0 atom stereocenters. The van der Waals surface area contributed by atoms with Gasteiger partial charge in [-0.1, -0.05) is 25.5 Å². The molecule has 1 aliphatic carbocycles. The van der Waals surface area contributed by atoms with Crippen LogP contribution in [0.15, 0.2) is 29.2 Å². The standard InChI is InChI=1S/C16H26N2O2S/c1-3-4-13-18(2)21(19,20)16-9-5-14(6-10-16)11-12-17-15-7-8-15/h5-6,9-10,15,17H,3-4,7-8,11-13H2,1-2H3. The molecule has 1 fully saturated rings. The number of hydrogen-bond donors (Lipinski definition) is 1. The van der Waals surface area contributed by atoms with E-state index in [2.05, 4.69) is 12.2 Å². The number of unbranched alkanes of at least 4 members (excludes halogenated alkanes) is 1. The van der Waals surface area contributed by atoms with Crippen LogP contribution in [0.3, 0.4) is 0 Å². The Morgan fingerprint density at radius 1 is 1.24 bits per heavy atom.